The molecule has 0 spiro atoms. The molecule has 0 radical (unpaired) electrons. The van der Waals surface area contributed by atoms with Crippen molar-refractivity contribution in [1.29, 1.82) is 0 Å². The Kier molecular flexibility index (Phi) is 6.32. The highest BCUT2D eigenvalue weighted by Gasteiger charge is 2.46. The van der Waals surface area contributed by atoms with E-state index in [1.54, 1.807) is 31.2 Å². The molecule has 11 nitrogen and oxygen atoms in total. The lowest BCUT2D eigenvalue weighted by Crippen LogP contribution is -2.43. The van der Waals surface area contributed by atoms with Gasteiger partial charge >= 0.3 is 5.69 Å². The summed E-state index contributed by atoms with van der Waals surface area (Å²) in [5.41, 5.74) is -0.375. The number of ether oxygens (including phenoxy) is 1. The molecule has 1 saturated heterocycles. The lowest BCUT2D eigenvalue weighted by Gasteiger charge is -2.18. The lowest BCUT2D eigenvalue weighted by molar-refractivity contribution is -0.0468. The van der Waals surface area contributed by atoms with Crippen LogP contribution in [0, 0.1) is 11.8 Å². The molecule has 3 heterocycles. The third kappa shape index (κ3) is 4.16. The highest BCUT2D eigenvalue weighted by atomic mass is 16.5. The third-order valence-corrected chi connectivity index (χ3v) is 4.64. The standard InChI is InChI=1S/C18H20N4O7/c1-11-5-3-2-4-8-28-20-12(11)9-22-14(24)6-7-21(18(22)26)17-15(19-27)16(25)13(10-23)29-17/h2-8,13,15-17,23,25H,9-10H2,1H3. The first-order chi connectivity index (χ1) is 14.0. The topological polar surface area (TPSA) is 149 Å². The van der Waals surface area contributed by atoms with Gasteiger partial charge in [0.15, 0.2) is 12.3 Å². The molecule has 2 N–H and O–H groups in total. The summed E-state index contributed by atoms with van der Waals surface area (Å²) in [6, 6.07) is 6.67. The van der Waals surface area contributed by atoms with E-state index >= 15 is 0 Å². The molecule has 4 atom stereocenters. The summed E-state index contributed by atoms with van der Waals surface area (Å²) in [5.74, 6) is 0. The Hall–Kier alpha value is -3.15. The van der Waals surface area contributed by atoms with Crippen molar-refractivity contribution in [3.05, 3.63) is 79.8 Å². The Morgan fingerprint density at radius 2 is 2.03 bits per heavy atom. The van der Waals surface area contributed by atoms with Crippen molar-refractivity contribution >= 4 is 0 Å². The van der Waals surface area contributed by atoms with Gasteiger partial charge in [-0.15, -0.1) is 0 Å². The highest BCUT2D eigenvalue weighted by Crippen LogP contribution is 2.30. The second kappa shape index (κ2) is 8.90. The largest absolute Gasteiger partial charge is 0.394 e. The van der Waals surface area contributed by atoms with E-state index in [9.17, 15) is 24.7 Å². The molecule has 4 unspecified atom stereocenters. The third-order valence-electron chi connectivity index (χ3n) is 4.64. The first-order valence-electron chi connectivity index (χ1n) is 8.80. The van der Waals surface area contributed by atoms with Gasteiger partial charge in [0.2, 0.25) is 0 Å². The summed E-state index contributed by atoms with van der Waals surface area (Å²) in [4.78, 5) is 36.5. The molecule has 0 aliphatic carbocycles. The van der Waals surface area contributed by atoms with Gasteiger partial charge < -0.3 is 19.5 Å². The Balaban J connectivity index is 2.06. The van der Waals surface area contributed by atoms with Crippen molar-refractivity contribution in [3.63, 3.8) is 0 Å². The minimum absolute atomic E-state index is 0.194. The van der Waals surface area contributed by atoms with Gasteiger partial charge in [0.05, 0.1) is 13.2 Å². The van der Waals surface area contributed by atoms with Crippen molar-refractivity contribution in [1.82, 2.24) is 14.3 Å². The predicted octanol–water partition coefficient (Wildman–Crippen LogP) is -0.135. The first kappa shape index (κ1) is 20.6. The van der Waals surface area contributed by atoms with E-state index in [2.05, 4.69) is 10.3 Å². The molecule has 1 aliphatic rings. The fraction of sp³-hybridized carbons (Fsp3) is 0.389. The second-order valence-corrected chi connectivity index (χ2v) is 6.47. The van der Waals surface area contributed by atoms with Gasteiger partial charge in [0.1, 0.15) is 24.2 Å². The molecule has 11 heteroatoms. The van der Waals surface area contributed by atoms with Crippen LogP contribution in [0.15, 0.2) is 62.1 Å². The molecular weight excluding hydrogens is 384 g/mol. The van der Waals surface area contributed by atoms with Crippen molar-refractivity contribution in [2.75, 3.05) is 6.61 Å². The zero-order valence-corrected chi connectivity index (χ0v) is 15.5. The van der Waals surface area contributed by atoms with Crippen molar-refractivity contribution in [2.45, 2.75) is 37.9 Å². The Morgan fingerprint density at radius 3 is 2.76 bits per heavy atom. The van der Waals surface area contributed by atoms with Crippen LogP contribution < -0.4 is 11.2 Å². The number of nitroso groups, excluding NO2 is 1. The van der Waals surface area contributed by atoms with E-state index in [-0.39, 0.29) is 6.54 Å². The van der Waals surface area contributed by atoms with Crippen LogP contribution in [0.1, 0.15) is 17.5 Å². The number of aliphatic hydroxyl groups is 2. The normalized spacial score (nSPS) is 23.6. The summed E-state index contributed by atoms with van der Waals surface area (Å²) in [6.07, 6.45) is -1.22. The molecule has 29 heavy (non-hydrogen) atoms. The number of aliphatic hydroxyl groups excluding tert-OH is 2. The van der Waals surface area contributed by atoms with Crippen molar-refractivity contribution in [2.24, 2.45) is 5.18 Å². The summed E-state index contributed by atoms with van der Waals surface area (Å²) in [6.45, 7) is 0.997. The number of hydrogen-bond donors (Lipinski definition) is 2. The van der Waals surface area contributed by atoms with Crippen LogP contribution in [0.2, 0.25) is 0 Å². The molecule has 0 amide bonds. The molecule has 0 saturated carbocycles. The lowest BCUT2D eigenvalue weighted by atomic mass is 10.1. The quantitative estimate of drug-likeness (QED) is 0.654. The second-order valence-electron chi connectivity index (χ2n) is 6.47. The summed E-state index contributed by atoms with van der Waals surface area (Å²) >= 11 is 0. The molecule has 3 rings (SSSR count). The summed E-state index contributed by atoms with van der Waals surface area (Å²) in [7, 11) is 0. The zero-order chi connectivity index (χ0) is 21.0. The van der Waals surface area contributed by atoms with E-state index in [0.717, 1.165) is 21.4 Å². The van der Waals surface area contributed by atoms with Crippen LogP contribution in [0.3, 0.4) is 0 Å². The fourth-order valence-corrected chi connectivity index (χ4v) is 3.01. The molecule has 1 aliphatic heterocycles. The highest BCUT2D eigenvalue weighted by molar-refractivity contribution is 5.15. The van der Waals surface area contributed by atoms with E-state index in [1.165, 1.54) is 6.26 Å². The zero-order valence-electron chi connectivity index (χ0n) is 15.5. The number of nitrogens with zero attached hydrogens (tertiary/aromatic N) is 4. The maximum absolute atomic E-state index is 13.0. The van der Waals surface area contributed by atoms with Crippen molar-refractivity contribution in [3.8, 4) is 0 Å². The smallest absolute Gasteiger partial charge is 0.333 e. The van der Waals surface area contributed by atoms with Crippen LogP contribution in [-0.4, -0.2) is 49.4 Å². The van der Waals surface area contributed by atoms with Crippen LogP contribution in [0.5, 0.6) is 0 Å². The Bertz CT molecular complexity index is 1040. The summed E-state index contributed by atoms with van der Waals surface area (Å²) in [5, 5.41) is 26.1. The van der Waals surface area contributed by atoms with Gasteiger partial charge in [-0.2, -0.15) is 4.91 Å². The number of hydrogen-bond acceptors (Lipinski definition) is 9. The monoisotopic (exact) mass is 404 g/mol. The number of aromatic nitrogens is 3. The van der Waals surface area contributed by atoms with Crippen LogP contribution >= 0.6 is 0 Å². The van der Waals surface area contributed by atoms with Crippen molar-refractivity contribution < 1.29 is 19.5 Å². The molecule has 0 aromatic carbocycles. The van der Waals surface area contributed by atoms with Gasteiger partial charge in [-0.1, -0.05) is 28.5 Å². The maximum Gasteiger partial charge on any atom is 0.333 e. The van der Waals surface area contributed by atoms with E-state index in [4.69, 9.17) is 9.26 Å². The molecule has 1 fully saturated rings. The minimum Gasteiger partial charge on any atom is -0.394 e. The molecule has 0 bridgehead atoms. The van der Waals surface area contributed by atoms with Gasteiger partial charge in [-0.3, -0.25) is 13.9 Å². The molecule has 2 aromatic rings. The van der Waals surface area contributed by atoms with Crippen LogP contribution in [0.4, 0.5) is 0 Å². The maximum atomic E-state index is 13.0. The van der Waals surface area contributed by atoms with E-state index < -0.39 is 42.3 Å². The van der Waals surface area contributed by atoms with Gasteiger partial charge in [-0.05, 0) is 18.6 Å². The Labute approximate surface area is 164 Å². The average molecular weight is 404 g/mol. The molecule has 154 valence electrons. The number of aryl methyl sites for hydroxylation is 1. The Morgan fingerprint density at radius 1 is 1.24 bits per heavy atom. The minimum atomic E-state index is -1.38. The van der Waals surface area contributed by atoms with Gasteiger partial charge in [-0.25, -0.2) is 4.79 Å². The summed E-state index contributed by atoms with van der Waals surface area (Å²) < 4.78 is 12.4. The molecule has 2 aromatic heterocycles. The van der Waals surface area contributed by atoms with Crippen LogP contribution in [0.25, 0.3) is 0 Å². The van der Waals surface area contributed by atoms with Gasteiger partial charge in [0, 0.05) is 12.3 Å². The molecular formula is C18H20N4O7. The first-order valence-corrected chi connectivity index (χ1v) is 8.80. The number of rotatable bonds is 5. The van der Waals surface area contributed by atoms with E-state index in [1.807, 2.05) is 0 Å². The fourth-order valence-electron chi connectivity index (χ4n) is 3.01. The SMILES string of the molecule is Cc1ccccconc1Cn1c(=O)ccn(C2OC(CO)C(O)C2N=O)c1=O. The van der Waals surface area contributed by atoms with Gasteiger partial charge in [0.25, 0.3) is 5.56 Å². The van der Waals surface area contributed by atoms with Crippen LogP contribution in [-0.2, 0) is 11.3 Å². The predicted molar refractivity (Wildman–Crippen MR) is 99.5 cm³/mol. The average Bonchev–Trinajstić information content (AvgIpc) is 3.07. The van der Waals surface area contributed by atoms with E-state index in [0.29, 0.717) is 11.3 Å².